The van der Waals surface area contributed by atoms with Crippen LogP contribution in [0.2, 0.25) is 5.02 Å². The Kier molecular flexibility index (Phi) is 5.04. The number of benzene rings is 1. The summed E-state index contributed by atoms with van der Waals surface area (Å²) in [5, 5.41) is 4.26. The third-order valence-electron chi connectivity index (χ3n) is 4.27. The van der Waals surface area contributed by atoms with Gasteiger partial charge in [-0.25, -0.2) is 0 Å². The van der Waals surface area contributed by atoms with E-state index in [9.17, 15) is 0 Å². The van der Waals surface area contributed by atoms with Crippen LogP contribution in [0.15, 0.2) is 18.2 Å². The zero-order chi connectivity index (χ0) is 14.7. The van der Waals surface area contributed by atoms with Gasteiger partial charge in [0.1, 0.15) is 0 Å². The van der Waals surface area contributed by atoms with E-state index >= 15 is 0 Å². The first-order valence-corrected chi connectivity index (χ1v) is 8.40. The summed E-state index contributed by atoms with van der Waals surface area (Å²) in [6.07, 6.45) is 5.43. The van der Waals surface area contributed by atoms with Crippen molar-refractivity contribution in [2.75, 3.05) is 31.7 Å². The van der Waals surface area contributed by atoms with Crippen molar-refractivity contribution >= 4 is 17.3 Å². The number of ether oxygens (including phenoxy) is 1. The first kappa shape index (κ1) is 15.1. The zero-order valence-corrected chi connectivity index (χ0v) is 13.5. The van der Waals surface area contributed by atoms with Gasteiger partial charge in [-0.2, -0.15) is 0 Å². The minimum atomic E-state index is 0.730. The lowest BCUT2D eigenvalue weighted by atomic mass is 10.1. The number of halogens is 1. The van der Waals surface area contributed by atoms with Crippen molar-refractivity contribution in [1.29, 1.82) is 0 Å². The molecule has 0 heterocycles. The minimum absolute atomic E-state index is 0.730. The van der Waals surface area contributed by atoms with Crippen molar-refractivity contribution in [3.8, 4) is 0 Å². The van der Waals surface area contributed by atoms with Crippen molar-refractivity contribution in [2.45, 2.75) is 38.3 Å². The van der Waals surface area contributed by atoms with Gasteiger partial charge in [0.2, 0.25) is 0 Å². The second-order valence-electron chi connectivity index (χ2n) is 6.28. The standard InChI is InChI=1S/C17H25ClN2O/c1-21-9-8-19-11-14-4-7-17(16(18)10-14)20(15-5-6-15)12-13-2-3-13/h4,7,10,13,15,19H,2-3,5-6,8-9,11-12H2,1H3. The van der Waals surface area contributed by atoms with E-state index in [0.717, 1.165) is 36.7 Å². The van der Waals surface area contributed by atoms with Crippen LogP contribution in [0.25, 0.3) is 0 Å². The highest BCUT2D eigenvalue weighted by molar-refractivity contribution is 6.33. The number of hydrogen-bond donors (Lipinski definition) is 1. The van der Waals surface area contributed by atoms with Gasteiger partial charge in [0.25, 0.3) is 0 Å². The van der Waals surface area contributed by atoms with Gasteiger partial charge in [-0.1, -0.05) is 17.7 Å². The van der Waals surface area contributed by atoms with Crippen LogP contribution >= 0.6 is 11.6 Å². The highest BCUT2D eigenvalue weighted by atomic mass is 35.5. The van der Waals surface area contributed by atoms with Gasteiger partial charge in [0.05, 0.1) is 17.3 Å². The van der Waals surface area contributed by atoms with E-state index < -0.39 is 0 Å². The Bertz CT molecular complexity index is 472. The third-order valence-corrected chi connectivity index (χ3v) is 4.58. The largest absolute Gasteiger partial charge is 0.383 e. The molecule has 1 aromatic rings. The molecule has 21 heavy (non-hydrogen) atoms. The molecule has 116 valence electrons. The van der Waals surface area contributed by atoms with E-state index in [1.807, 2.05) is 0 Å². The molecule has 3 nitrogen and oxygen atoms in total. The Hall–Kier alpha value is -0.770. The van der Waals surface area contributed by atoms with Gasteiger partial charge >= 0.3 is 0 Å². The summed E-state index contributed by atoms with van der Waals surface area (Å²) in [5.74, 6) is 0.900. The molecule has 0 aliphatic heterocycles. The maximum absolute atomic E-state index is 6.55. The molecule has 0 aromatic heterocycles. The van der Waals surface area contributed by atoms with Crippen molar-refractivity contribution in [2.24, 2.45) is 5.92 Å². The number of anilines is 1. The van der Waals surface area contributed by atoms with Crippen LogP contribution in [0.5, 0.6) is 0 Å². The van der Waals surface area contributed by atoms with E-state index in [1.54, 1.807) is 7.11 Å². The Labute approximate surface area is 132 Å². The Morgan fingerprint density at radius 2 is 2.10 bits per heavy atom. The fourth-order valence-corrected chi connectivity index (χ4v) is 3.02. The quantitative estimate of drug-likeness (QED) is 0.707. The molecule has 1 N–H and O–H groups in total. The maximum Gasteiger partial charge on any atom is 0.0642 e. The van der Waals surface area contributed by atoms with Crippen molar-refractivity contribution in [3.05, 3.63) is 28.8 Å². The predicted molar refractivity (Wildman–Crippen MR) is 88.1 cm³/mol. The highest BCUT2D eigenvalue weighted by Crippen LogP contribution is 2.40. The predicted octanol–water partition coefficient (Wildman–Crippen LogP) is 3.45. The molecule has 0 unspecified atom stereocenters. The van der Waals surface area contributed by atoms with E-state index in [4.69, 9.17) is 16.3 Å². The molecule has 3 rings (SSSR count). The molecule has 0 spiro atoms. The molecule has 2 saturated carbocycles. The van der Waals surface area contributed by atoms with E-state index in [1.165, 1.54) is 43.5 Å². The van der Waals surface area contributed by atoms with E-state index in [0.29, 0.717) is 0 Å². The minimum Gasteiger partial charge on any atom is -0.383 e. The molecule has 0 amide bonds. The smallest absolute Gasteiger partial charge is 0.0642 e. The number of rotatable bonds is 9. The lowest BCUT2D eigenvalue weighted by Gasteiger charge is -2.26. The normalized spacial score (nSPS) is 18.0. The third kappa shape index (κ3) is 4.35. The number of methoxy groups -OCH3 is 1. The topological polar surface area (TPSA) is 24.5 Å². The molecule has 0 saturated heterocycles. The molecule has 1 aromatic carbocycles. The lowest BCUT2D eigenvalue weighted by molar-refractivity contribution is 0.199. The SMILES string of the molecule is COCCNCc1ccc(N(CC2CC2)C2CC2)c(Cl)c1. The van der Waals surface area contributed by atoms with Crippen molar-refractivity contribution in [1.82, 2.24) is 5.32 Å². The molecule has 2 aliphatic rings. The summed E-state index contributed by atoms with van der Waals surface area (Å²) in [4.78, 5) is 2.54. The van der Waals surface area contributed by atoms with Gasteiger partial charge in [-0.3, -0.25) is 0 Å². The Morgan fingerprint density at radius 3 is 2.71 bits per heavy atom. The van der Waals surface area contributed by atoms with E-state index in [2.05, 4.69) is 28.4 Å². The fourth-order valence-electron chi connectivity index (χ4n) is 2.71. The molecular formula is C17H25ClN2O. The van der Waals surface area contributed by atoms with Crippen LogP contribution in [-0.2, 0) is 11.3 Å². The summed E-state index contributed by atoms with van der Waals surface area (Å²) in [5.41, 5.74) is 2.47. The average molecular weight is 309 g/mol. The highest BCUT2D eigenvalue weighted by Gasteiger charge is 2.34. The molecule has 0 bridgehead atoms. The van der Waals surface area contributed by atoms with Crippen LogP contribution in [0.3, 0.4) is 0 Å². The molecule has 0 atom stereocenters. The Balaban J connectivity index is 1.62. The van der Waals surface area contributed by atoms with Crippen LogP contribution in [0.4, 0.5) is 5.69 Å². The fraction of sp³-hybridized carbons (Fsp3) is 0.647. The monoisotopic (exact) mass is 308 g/mol. The second kappa shape index (κ2) is 6.99. The summed E-state index contributed by atoms with van der Waals surface area (Å²) in [6, 6.07) is 7.24. The number of nitrogens with one attached hydrogen (secondary N) is 1. The van der Waals surface area contributed by atoms with Crippen LogP contribution in [0, 0.1) is 5.92 Å². The summed E-state index contributed by atoms with van der Waals surface area (Å²) >= 11 is 6.55. The summed E-state index contributed by atoms with van der Waals surface area (Å²) < 4.78 is 5.03. The van der Waals surface area contributed by atoms with Gasteiger partial charge < -0.3 is 15.0 Å². The van der Waals surface area contributed by atoms with Gasteiger partial charge in [-0.15, -0.1) is 0 Å². The first-order valence-electron chi connectivity index (χ1n) is 8.02. The maximum atomic E-state index is 6.55. The molecule has 4 heteroatoms. The lowest BCUT2D eigenvalue weighted by Crippen LogP contribution is -2.28. The zero-order valence-electron chi connectivity index (χ0n) is 12.8. The Morgan fingerprint density at radius 1 is 1.29 bits per heavy atom. The molecule has 0 radical (unpaired) electrons. The molecule has 2 aliphatic carbocycles. The van der Waals surface area contributed by atoms with Crippen LogP contribution < -0.4 is 10.2 Å². The van der Waals surface area contributed by atoms with Crippen LogP contribution in [-0.4, -0.2) is 32.8 Å². The van der Waals surface area contributed by atoms with Gasteiger partial charge in [0, 0.05) is 32.8 Å². The van der Waals surface area contributed by atoms with Crippen molar-refractivity contribution < 1.29 is 4.74 Å². The van der Waals surface area contributed by atoms with Crippen LogP contribution in [0.1, 0.15) is 31.2 Å². The number of hydrogen-bond acceptors (Lipinski definition) is 3. The van der Waals surface area contributed by atoms with Gasteiger partial charge in [0.15, 0.2) is 0 Å². The first-order chi connectivity index (χ1) is 10.3. The molecule has 2 fully saturated rings. The summed E-state index contributed by atoms with van der Waals surface area (Å²) in [7, 11) is 1.72. The van der Waals surface area contributed by atoms with Crippen molar-refractivity contribution in [3.63, 3.8) is 0 Å². The molecular weight excluding hydrogens is 284 g/mol. The van der Waals surface area contributed by atoms with E-state index in [-0.39, 0.29) is 0 Å². The summed E-state index contributed by atoms with van der Waals surface area (Å²) in [6.45, 7) is 3.64. The second-order valence-corrected chi connectivity index (χ2v) is 6.69. The number of nitrogens with zero attached hydrogens (tertiary/aromatic N) is 1. The van der Waals surface area contributed by atoms with Gasteiger partial charge in [-0.05, 0) is 49.3 Å². The average Bonchev–Trinajstić information content (AvgIpc) is 3.36.